The quantitative estimate of drug-likeness (QED) is 0.613. The highest BCUT2D eigenvalue weighted by molar-refractivity contribution is 6.31. The van der Waals surface area contributed by atoms with E-state index in [0.717, 1.165) is 11.1 Å². The molecule has 0 aliphatic heterocycles. The van der Waals surface area contributed by atoms with Crippen molar-refractivity contribution < 1.29 is 14.3 Å². The molecule has 0 aliphatic carbocycles. The molecule has 0 fully saturated rings. The minimum atomic E-state index is -0.579. The lowest BCUT2D eigenvalue weighted by atomic mass is 10.2. The number of hydrogen-bond acceptors (Lipinski definition) is 4. The van der Waals surface area contributed by atoms with Gasteiger partial charge in [0.05, 0.1) is 17.9 Å². The third-order valence-electron chi connectivity index (χ3n) is 4.53. The normalized spacial score (nSPS) is 10.6. The van der Waals surface area contributed by atoms with Gasteiger partial charge in [-0.2, -0.15) is 5.10 Å². The molecule has 1 aromatic heterocycles. The smallest absolute Gasteiger partial charge is 0.342 e. The highest BCUT2D eigenvalue weighted by Gasteiger charge is 2.21. The fraction of sp³-hybridized carbons (Fsp3) is 0.227. The Labute approximate surface area is 174 Å². The molecule has 3 rings (SSSR count). The van der Waals surface area contributed by atoms with Gasteiger partial charge in [-0.15, -0.1) is 0 Å². The number of nitrogens with one attached hydrogen (secondary N) is 1. The van der Waals surface area contributed by atoms with Crippen molar-refractivity contribution in [1.29, 1.82) is 0 Å². The Morgan fingerprint density at radius 1 is 1.07 bits per heavy atom. The molecule has 0 spiro atoms. The Balaban J connectivity index is 1.65. The second-order valence-corrected chi connectivity index (χ2v) is 7.19. The molecule has 2 aromatic carbocycles. The minimum absolute atomic E-state index is 0.361. The summed E-state index contributed by atoms with van der Waals surface area (Å²) in [5, 5.41) is 7.76. The van der Waals surface area contributed by atoms with Gasteiger partial charge in [0.2, 0.25) is 0 Å². The van der Waals surface area contributed by atoms with Gasteiger partial charge in [0.1, 0.15) is 5.56 Å². The molecule has 150 valence electrons. The van der Waals surface area contributed by atoms with Crippen LogP contribution in [-0.4, -0.2) is 28.3 Å². The van der Waals surface area contributed by atoms with Gasteiger partial charge in [-0.25, -0.2) is 4.79 Å². The van der Waals surface area contributed by atoms with Crippen molar-refractivity contribution in [2.45, 2.75) is 27.3 Å². The number of nitrogens with zero attached hydrogens (tertiary/aromatic N) is 2. The first-order valence-electron chi connectivity index (χ1n) is 9.16. The van der Waals surface area contributed by atoms with Gasteiger partial charge in [-0.1, -0.05) is 47.5 Å². The predicted octanol–water partition coefficient (Wildman–Crippen LogP) is 4.31. The molecule has 0 saturated carbocycles. The van der Waals surface area contributed by atoms with Gasteiger partial charge in [0.25, 0.3) is 5.91 Å². The van der Waals surface area contributed by atoms with Crippen molar-refractivity contribution in [1.82, 2.24) is 9.78 Å². The first-order valence-corrected chi connectivity index (χ1v) is 9.54. The summed E-state index contributed by atoms with van der Waals surface area (Å²) in [6.45, 7) is 5.55. The molecule has 0 saturated heterocycles. The van der Waals surface area contributed by atoms with Gasteiger partial charge < -0.3 is 10.1 Å². The van der Waals surface area contributed by atoms with Crippen LogP contribution in [0.1, 0.15) is 32.9 Å². The van der Waals surface area contributed by atoms with Crippen molar-refractivity contribution >= 4 is 29.2 Å². The first-order chi connectivity index (χ1) is 13.8. The number of hydrogen-bond donors (Lipinski definition) is 1. The molecule has 0 bridgehead atoms. The summed E-state index contributed by atoms with van der Waals surface area (Å²) >= 11 is 6.22. The maximum atomic E-state index is 12.5. The molecule has 29 heavy (non-hydrogen) atoms. The lowest BCUT2D eigenvalue weighted by Gasteiger charge is -2.08. The molecule has 0 aliphatic rings. The number of ether oxygens (including phenoxy) is 1. The molecule has 0 atom stereocenters. The molecule has 1 heterocycles. The average Bonchev–Trinajstić information content (AvgIpc) is 2.97. The highest BCUT2D eigenvalue weighted by atomic mass is 35.5. The van der Waals surface area contributed by atoms with E-state index in [2.05, 4.69) is 10.4 Å². The van der Waals surface area contributed by atoms with Crippen molar-refractivity contribution in [3.8, 4) is 0 Å². The number of carbonyl (C=O) groups excluding carboxylic acids is 2. The SMILES string of the molecule is Cc1ccc(NC(=O)COC(=O)c2c(C)nn(Cc3ccccc3Cl)c2C)cc1. The minimum Gasteiger partial charge on any atom is -0.452 e. The Bertz CT molecular complexity index is 1040. The molecular weight excluding hydrogens is 390 g/mol. The number of aromatic nitrogens is 2. The van der Waals surface area contributed by atoms with Crippen molar-refractivity contribution in [2.75, 3.05) is 11.9 Å². The standard InChI is InChI=1S/C22H22ClN3O3/c1-14-8-10-18(11-9-14)24-20(27)13-29-22(28)21-15(2)25-26(16(21)3)12-17-6-4-5-7-19(17)23/h4-11H,12-13H2,1-3H3,(H,24,27). The van der Waals surface area contributed by atoms with Crippen molar-refractivity contribution in [3.63, 3.8) is 0 Å². The zero-order valence-corrected chi connectivity index (χ0v) is 17.3. The van der Waals surface area contributed by atoms with Crippen molar-refractivity contribution in [3.05, 3.63) is 81.6 Å². The summed E-state index contributed by atoms with van der Waals surface area (Å²) in [4.78, 5) is 24.6. The Morgan fingerprint density at radius 3 is 2.45 bits per heavy atom. The van der Waals surface area contributed by atoms with E-state index in [1.54, 1.807) is 30.7 Å². The Hall–Kier alpha value is -3.12. The molecule has 6 nitrogen and oxygen atoms in total. The molecule has 7 heteroatoms. The van der Waals surface area contributed by atoms with E-state index in [9.17, 15) is 9.59 Å². The summed E-state index contributed by atoms with van der Waals surface area (Å²) in [6.07, 6.45) is 0. The Kier molecular flexibility index (Phi) is 6.34. The molecule has 0 unspecified atom stereocenters. The highest BCUT2D eigenvalue weighted by Crippen LogP contribution is 2.20. The second-order valence-electron chi connectivity index (χ2n) is 6.79. The number of amides is 1. The lowest BCUT2D eigenvalue weighted by molar-refractivity contribution is -0.119. The van der Waals surface area contributed by atoms with Gasteiger partial charge in [0.15, 0.2) is 6.61 Å². The Morgan fingerprint density at radius 2 is 1.76 bits per heavy atom. The van der Waals surface area contributed by atoms with Crippen LogP contribution in [0.25, 0.3) is 0 Å². The predicted molar refractivity (Wildman–Crippen MR) is 112 cm³/mol. The van der Waals surface area contributed by atoms with Gasteiger partial charge in [0, 0.05) is 10.7 Å². The molecule has 1 N–H and O–H groups in total. The molecule has 1 amide bonds. The van der Waals surface area contributed by atoms with Gasteiger partial charge >= 0.3 is 5.97 Å². The summed E-state index contributed by atoms with van der Waals surface area (Å²) < 4.78 is 6.91. The van der Waals surface area contributed by atoms with E-state index < -0.39 is 11.9 Å². The third-order valence-corrected chi connectivity index (χ3v) is 4.90. The zero-order chi connectivity index (χ0) is 21.0. The third kappa shape index (κ3) is 5.03. The largest absolute Gasteiger partial charge is 0.452 e. The van der Waals surface area contributed by atoms with Crippen LogP contribution in [0.2, 0.25) is 5.02 Å². The molecular formula is C22H22ClN3O3. The number of rotatable bonds is 6. The topological polar surface area (TPSA) is 73.2 Å². The maximum Gasteiger partial charge on any atom is 0.342 e. The van der Waals surface area contributed by atoms with Gasteiger partial charge in [-0.3, -0.25) is 9.48 Å². The fourth-order valence-corrected chi connectivity index (χ4v) is 3.17. The van der Waals surface area contributed by atoms with Crippen LogP contribution in [0.4, 0.5) is 5.69 Å². The van der Waals surface area contributed by atoms with E-state index in [1.807, 2.05) is 43.3 Å². The lowest BCUT2D eigenvalue weighted by Crippen LogP contribution is -2.21. The van der Waals surface area contributed by atoms with Crippen LogP contribution < -0.4 is 5.32 Å². The van der Waals surface area contributed by atoms with E-state index in [1.165, 1.54) is 0 Å². The van der Waals surface area contributed by atoms with Crippen molar-refractivity contribution in [2.24, 2.45) is 0 Å². The molecule has 0 radical (unpaired) electrons. The number of aryl methyl sites for hydroxylation is 2. The van der Waals surface area contributed by atoms with E-state index in [-0.39, 0.29) is 6.61 Å². The van der Waals surface area contributed by atoms with E-state index >= 15 is 0 Å². The first kappa shape index (κ1) is 20.6. The van der Waals surface area contributed by atoms with Crippen LogP contribution in [0.3, 0.4) is 0 Å². The fourth-order valence-electron chi connectivity index (χ4n) is 2.97. The van der Waals surface area contributed by atoms with Gasteiger partial charge in [-0.05, 0) is 44.5 Å². The van der Waals surface area contributed by atoms with Crippen LogP contribution in [0, 0.1) is 20.8 Å². The maximum absolute atomic E-state index is 12.5. The number of benzene rings is 2. The summed E-state index contributed by atoms with van der Waals surface area (Å²) in [5.74, 6) is -0.981. The zero-order valence-electron chi connectivity index (χ0n) is 16.5. The summed E-state index contributed by atoms with van der Waals surface area (Å²) in [6, 6.07) is 14.8. The van der Waals surface area contributed by atoms with Crippen LogP contribution in [-0.2, 0) is 16.1 Å². The summed E-state index contributed by atoms with van der Waals surface area (Å²) in [7, 11) is 0. The second kappa shape index (κ2) is 8.92. The number of esters is 1. The number of anilines is 1. The number of carbonyl (C=O) groups is 2. The van der Waals surface area contributed by atoms with Crippen LogP contribution >= 0.6 is 11.6 Å². The summed E-state index contributed by atoms with van der Waals surface area (Å²) in [5.41, 5.74) is 4.20. The molecule has 3 aromatic rings. The average molecular weight is 412 g/mol. The van der Waals surface area contributed by atoms with Crippen LogP contribution in [0.15, 0.2) is 48.5 Å². The van der Waals surface area contributed by atoms with E-state index in [4.69, 9.17) is 16.3 Å². The monoisotopic (exact) mass is 411 g/mol. The van der Waals surface area contributed by atoms with E-state index in [0.29, 0.717) is 34.2 Å². The van der Waals surface area contributed by atoms with Crippen LogP contribution in [0.5, 0.6) is 0 Å². The number of halogens is 1.